The van der Waals surface area contributed by atoms with Crippen molar-refractivity contribution in [2.24, 2.45) is 0 Å². The zero-order valence-electron chi connectivity index (χ0n) is 12.9. The minimum Gasteiger partial charge on any atom is -0.313 e. The molecule has 0 aliphatic heterocycles. The zero-order chi connectivity index (χ0) is 15.2. The molecule has 0 radical (unpaired) electrons. The van der Waals surface area contributed by atoms with Gasteiger partial charge in [-0.05, 0) is 26.3 Å². The minimum atomic E-state index is -3.51. The summed E-state index contributed by atoms with van der Waals surface area (Å²) in [7, 11) is -3.51. The van der Waals surface area contributed by atoms with E-state index in [1.807, 2.05) is 20.8 Å². The standard InChI is InChI=1S/C13H26N4O2S/c1-5-8-14-10-12-11(4)15-16-13(12)20(18,19)17(7-3)9-6-2/h14H,5-10H2,1-4H3,(H,15,16). The fraction of sp³-hybridized carbons (Fsp3) is 0.769. The van der Waals surface area contributed by atoms with Crippen molar-refractivity contribution in [3.05, 3.63) is 11.3 Å². The maximum Gasteiger partial charge on any atom is 0.262 e. The van der Waals surface area contributed by atoms with E-state index in [0.717, 1.165) is 30.6 Å². The molecule has 2 N–H and O–H groups in total. The van der Waals surface area contributed by atoms with E-state index >= 15 is 0 Å². The number of aryl methyl sites for hydroxylation is 1. The molecule has 0 fully saturated rings. The number of nitrogens with one attached hydrogen (secondary N) is 2. The van der Waals surface area contributed by atoms with E-state index in [0.29, 0.717) is 19.6 Å². The van der Waals surface area contributed by atoms with E-state index < -0.39 is 10.0 Å². The average Bonchev–Trinajstić information content (AvgIpc) is 2.78. The molecule has 20 heavy (non-hydrogen) atoms. The summed E-state index contributed by atoms with van der Waals surface area (Å²) in [6, 6.07) is 0. The van der Waals surface area contributed by atoms with Gasteiger partial charge >= 0.3 is 0 Å². The fourth-order valence-corrected chi connectivity index (χ4v) is 3.77. The Hall–Kier alpha value is -0.920. The second kappa shape index (κ2) is 7.75. The molecule has 0 bridgehead atoms. The number of H-pyrrole nitrogens is 1. The van der Waals surface area contributed by atoms with Crippen LogP contribution in [0, 0.1) is 6.92 Å². The van der Waals surface area contributed by atoms with Crippen molar-refractivity contribution >= 4 is 10.0 Å². The number of hydrogen-bond donors (Lipinski definition) is 2. The van der Waals surface area contributed by atoms with Gasteiger partial charge in [-0.2, -0.15) is 9.40 Å². The van der Waals surface area contributed by atoms with Crippen LogP contribution in [-0.2, 0) is 16.6 Å². The Balaban J connectivity index is 3.05. The molecule has 116 valence electrons. The van der Waals surface area contributed by atoms with Gasteiger partial charge in [-0.1, -0.05) is 20.8 Å². The summed E-state index contributed by atoms with van der Waals surface area (Å²) in [5, 5.41) is 10.2. The van der Waals surface area contributed by atoms with E-state index in [9.17, 15) is 8.42 Å². The van der Waals surface area contributed by atoms with Crippen LogP contribution in [0.5, 0.6) is 0 Å². The number of hydrogen-bond acceptors (Lipinski definition) is 4. The van der Waals surface area contributed by atoms with Crippen molar-refractivity contribution in [3.8, 4) is 0 Å². The third-order valence-corrected chi connectivity index (χ3v) is 5.12. The molecule has 1 aromatic rings. The van der Waals surface area contributed by atoms with Gasteiger partial charge in [0.2, 0.25) is 0 Å². The molecular weight excluding hydrogens is 276 g/mol. The molecule has 7 heteroatoms. The number of rotatable bonds is 9. The van der Waals surface area contributed by atoms with E-state index in [1.165, 1.54) is 4.31 Å². The molecule has 0 aliphatic rings. The maximum atomic E-state index is 12.6. The summed E-state index contributed by atoms with van der Waals surface area (Å²) in [5.41, 5.74) is 1.55. The van der Waals surface area contributed by atoms with Crippen molar-refractivity contribution in [2.45, 2.75) is 52.1 Å². The lowest BCUT2D eigenvalue weighted by Crippen LogP contribution is -2.33. The van der Waals surface area contributed by atoms with Crippen LogP contribution in [0.15, 0.2) is 5.03 Å². The molecule has 0 aromatic carbocycles. The van der Waals surface area contributed by atoms with Gasteiger partial charge in [-0.3, -0.25) is 5.10 Å². The lowest BCUT2D eigenvalue weighted by atomic mass is 10.2. The molecule has 0 unspecified atom stereocenters. The van der Waals surface area contributed by atoms with Crippen LogP contribution in [-0.4, -0.2) is 42.6 Å². The molecule has 1 rings (SSSR count). The molecule has 0 saturated carbocycles. The first-order valence-corrected chi connectivity index (χ1v) is 8.67. The Kier molecular flexibility index (Phi) is 6.64. The van der Waals surface area contributed by atoms with Gasteiger partial charge in [-0.15, -0.1) is 0 Å². The number of sulfonamides is 1. The molecule has 1 aromatic heterocycles. The largest absolute Gasteiger partial charge is 0.313 e. The van der Waals surface area contributed by atoms with Crippen molar-refractivity contribution < 1.29 is 8.42 Å². The van der Waals surface area contributed by atoms with Crippen LogP contribution in [0.25, 0.3) is 0 Å². The monoisotopic (exact) mass is 302 g/mol. The highest BCUT2D eigenvalue weighted by molar-refractivity contribution is 7.89. The van der Waals surface area contributed by atoms with E-state index in [1.54, 1.807) is 0 Å². The summed E-state index contributed by atoms with van der Waals surface area (Å²) < 4.78 is 26.7. The Morgan fingerprint density at radius 1 is 1.25 bits per heavy atom. The zero-order valence-corrected chi connectivity index (χ0v) is 13.7. The van der Waals surface area contributed by atoms with Gasteiger partial charge in [0.05, 0.1) is 0 Å². The molecule has 6 nitrogen and oxygen atoms in total. The number of nitrogens with zero attached hydrogens (tertiary/aromatic N) is 2. The van der Waals surface area contributed by atoms with E-state index in [4.69, 9.17) is 0 Å². The SMILES string of the molecule is CCCNCc1c(S(=O)(=O)N(CC)CCC)n[nH]c1C. The second-order valence-corrected chi connectivity index (χ2v) is 6.66. The predicted octanol–water partition coefficient (Wildman–Crippen LogP) is 1.64. The van der Waals surface area contributed by atoms with Crippen LogP contribution >= 0.6 is 0 Å². The topological polar surface area (TPSA) is 78.1 Å². The molecular formula is C13H26N4O2S. The van der Waals surface area contributed by atoms with Gasteiger partial charge in [0, 0.05) is 30.9 Å². The van der Waals surface area contributed by atoms with Crippen molar-refractivity contribution in [2.75, 3.05) is 19.6 Å². The first-order valence-electron chi connectivity index (χ1n) is 7.23. The lowest BCUT2D eigenvalue weighted by molar-refractivity contribution is 0.424. The van der Waals surface area contributed by atoms with Crippen molar-refractivity contribution in [1.82, 2.24) is 19.8 Å². The molecule has 1 heterocycles. The molecule has 0 spiro atoms. The van der Waals surface area contributed by atoms with Crippen LogP contribution < -0.4 is 5.32 Å². The smallest absolute Gasteiger partial charge is 0.262 e. The summed E-state index contributed by atoms with van der Waals surface area (Å²) in [6.45, 7) is 10.1. The molecule has 0 aliphatic carbocycles. The summed E-state index contributed by atoms with van der Waals surface area (Å²) >= 11 is 0. The number of aromatic amines is 1. The summed E-state index contributed by atoms with van der Waals surface area (Å²) in [5.74, 6) is 0. The average molecular weight is 302 g/mol. The van der Waals surface area contributed by atoms with Crippen molar-refractivity contribution in [3.63, 3.8) is 0 Å². The fourth-order valence-electron chi connectivity index (χ4n) is 2.06. The van der Waals surface area contributed by atoms with Gasteiger partial charge in [0.1, 0.15) is 0 Å². The van der Waals surface area contributed by atoms with Crippen LogP contribution in [0.4, 0.5) is 0 Å². The van der Waals surface area contributed by atoms with Gasteiger partial charge < -0.3 is 5.32 Å². The van der Waals surface area contributed by atoms with Gasteiger partial charge in [0.25, 0.3) is 10.0 Å². The lowest BCUT2D eigenvalue weighted by Gasteiger charge is -2.19. The Labute approximate surface area is 122 Å². The maximum absolute atomic E-state index is 12.6. The summed E-state index contributed by atoms with van der Waals surface area (Å²) in [6.07, 6.45) is 1.80. The van der Waals surface area contributed by atoms with Crippen LogP contribution in [0.3, 0.4) is 0 Å². The third kappa shape index (κ3) is 3.80. The predicted molar refractivity (Wildman–Crippen MR) is 80.0 cm³/mol. The molecule has 0 saturated heterocycles. The van der Waals surface area contributed by atoms with Crippen LogP contribution in [0.1, 0.15) is 44.9 Å². The highest BCUT2D eigenvalue weighted by atomic mass is 32.2. The van der Waals surface area contributed by atoms with Gasteiger partial charge in [0.15, 0.2) is 5.03 Å². The number of aromatic nitrogens is 2. The Morgan fingerprint density at radius 3 is 2.50 bits per heavy atom. The van der Waals surface area contributed by atoms with E-state index in [2.05, 4.69) is 22.4 Å². The third-order valence-electron chi connectivity index (χ3n) is 3.17. The van der Waals surface area contributed by atoms with Gasteiger partial charge in [-0.25, -0.2) is 8.42 Å². The Morgan fingerprint density at radius 2 is 1.95 bits per heavy atom. The van der Waals surface area contributed by atoms with Crippen molar-refractivity contribution in [1.29, 1.82) is 0 Å². The second-order valence-electron chi connectivity index (χ2n) is 4.81. The first kappa shape index (κ1) is 17.1. The summed E-state index contributed by atoms with van der Waals surface area (Å²) in [4.78, 5) is 0. The normalized spacial score (nSPS) is 12.2. The molecule has 0 atom stereocenters. The highest BCUT2D eigenvalue weighted by Gasteiger charge is 2.28. The van der Waals surface area contributed by atoms with E-state index in [-0.39, 0.29) is 5.03 Å². The Bertz CT molecular complexity index is 510. The first-order chi connectivity index (χ1) is 9.48. The molecule has 0 amide bonds. The minimum absolute atomic E-state index is 0.161. The highest BCUT2D eigenvalue weighted by Crippen LogP contribution is 2.20. The quantitative estimate of drug-likeness (QED) is 0.680. The van der Waals surface area contributed by atoms with Crippen LogP contribution in [0.2, 0.25) is 0 Å².